The van der Waals surface area contributed by atoms with Crippen LogP contribution in [-0.2, 0) is 18.3 Å². The van der Waals surface area contributed by atoms with Crippen molar-refractivity contribution in [3.05, 3.63) is 62.4 Å². The van der Waals surface area contributed by atoms with E-state index < -0.39 is 29.0 Å². The molecule has 2 rings (SSSR count). The molecule has 0 aliphatic heterocycles. The molecule has 8 heteroatoms. The standard InChI is InChI=1S/C16H17N3O5/c1-9(15(22)23)7-10-3-5-11(6-4-10)18-13(20)12-8-17-16(24)19(2)14(12)21/h3-6,8-9H,7H2,1-2H3,(H,17,24)(H,18,20)(H,22,23)/t9-/m0/s1. The second kappa shape index (κ2) is 6.95. The van der Waals surface area contributed by atoms with Gasteiger partial charge in [0.25, 0.3) is 11.5 Å². The fourth-order valence-electron chi connectivity index (χ4n) is 2.09. The number of carbonyl (C=O) groups is 2. The van der Waals surface area contributed by atoms with Gasteiger partial charge in [0.05, 0.1) is 5.92 Å². The lowest BCUT2D eigenvalue weighted by atomic mass is 10.0. The van der Waals surface area contributed by atoms with Gasteiger partial charge in [-0.25, -0.2) is 4.79 Å². The third kappa shape index (κ3) is 3.78. The average molecular weight is 331 g/mol. The molecule has 0 aliphatic carbocycles. The molecule has 1 heterocycles. The van der Waals surface area contributed by atoms with Crippen molar-refractivity contribution in [2.45, 2.75) is 13.3 Å². The Morgan fingerprint density at radius 2 is 1.88 bits per heavy atom. The zero-order chi connectivity index (χ0) is 17.9. The van der Waals surface area contributed by atoms with Crippen LogP contribution < -0.4 is 16.6 Å². The second-order valence-electron chi connectivity index (χ2n) is 5.47. The molecule has 0 unspecified atom stereocenters. The molecular formula is C16H17N3O5. The van der Waals surface area contributed by atoms with Crippen molar-refractivity contribution < 1.29 is 14.7 Å². The third-order valence-corrected chi connectivity index (χ3v) is 3.60. The number of aromatic nitrogens is 2. The van der Waals surface area contributed by atoms with E-state index in [0.29, 0.717) is 12.1 Å². The summed E-state index contributed by atoms with van der Waals surface area (Å²) < 4.78 is 0.811. The summed E-state index contributed by atoms with van der Waals surface area (Å²) in [7, 11) is 1.27. The van der Waals surface area contributed by atoms with Gasteiger partial charge in [-0.2, -0.15) is 0 Å². The van der Waals surface area contributed by atoms with Gasteiger partial charge in [-0.15, -0.1) is 0 Å². The Balaban J connectivity index is 2.13. The van der Waals surface area contributed by atoms with Crippen LogP contribution in [0.3, 0.4) is 0 Å². The van der Waals surface area contributed by atoms with Gasteiger partial charge in [0.1, 0.15) is 5.56 Å². The fourth-order valence-corrected chi connectivity index (χ4v) is 2.09. The largest absolute Gasteiger partial charge is 0.481 e. The van der Waals surface area contributed by atoms with Gasteiger partial charge in [0.2, 0.25) is 0 Å². The Hall–Kier alpha value is -3.16. The number of aliphatic carboxylic acids is 1. The normalized spacial score (nSPS) is 11.8. The molecule has 1 aromatic carbocycles. The van der Waals surface area contributed by atoms with E-state index in [2.05, 4.69) is 10.3 Å². The predicted molar refractivity (Wildman–Crippen MR) is 87.2 cm³/mol. The smallest absolute Gasteiger partial charge is 0.328 e. The van der Waals surface area contributed by atoms with Crippen molar-refractivity contribution in [1.29, 1.82) is 0 Å². The van der Waals surface area contributed by atoms with Crippen LogP contribution in [0.15, 0.2) is 40.1 Å². The number of anilines is 1. The van der Waals surface area contributed by atoms with Crippen LogP contribution in [0.25, 0.3) is 0 Å². The molecule has 0 saturated carbocycles. The van der Waals surface area contributed by atoms with Crippen molar-refractivity contribution in [3.63, 3.8) is 0 Å². The van der Waals surface area contributed by atoms with Crippen LogP contribution in [0.1, 0.15) is 22.8 Å². The van der Waals surface area contributed by atoms with Gasteiger partial charge in [-0.3, -0.25) is 19.0 Å². The van der Waals surface area contributed by atoms with E-state index >= 15 is 0 Å². The number of amides is 1. The van der Waals surface area contributed by atoms with Crippen molar-refractivity contribution in [3.8, 4) is 0 Å². The van der Waals surface area contributed by atoms with Gasteiger partial charge in [0.15, 0.2) is 0 Å². The Morgan fingerprint density at radius 3 is 2.46 bits per heavy atom. The van der Waals surface area contributed by atoms with E-state index in [1.54, 1.807) is 31.2 Å². The summed E-state index contributed by atoms with van der Waals surface area (Å²) in [5.41, 5.74) is -0.194. The lowest BCUT2D eigenvalue weighted by molar-refractivity contribution is -0.141. The average Bonchev–Trinajstić information content (AvgIpc) is 2.54. The van der Waals surface area contributed by atoms with Crippen molar-refractivity contribution >= 4 is 17.6 Å². The summed E-state index contributed by atoms with van der Waals surface area (Å²) in [4.78, 5) is 48.4. The minimum absolute atomic E-state index is 0.180. The van der Waals surface area contributed by atoms with E-state index in [-0.39, 0.29) is 5.56 Å². The SMILES string of the molecule is C[C@@H](Cc1ccc(NC(=O)c2c[nH]c(=O)n(C)c2=O)cc1)C(=O)O. The summed E-state index contributed by atoms with van der Waals surface area (Å²) in [5, 5.41) is 11.5. The van der Waals surface area contributed by atoms with Gasteiger partial charge < -0.3 is 15.4 Å². The Labute approximate surface area is 136 Å². The second-order valence-corrected chi connectivity index (χ2v) is 5.47. The number of hydrogen-bond donors (Lipinski definition) is 3. The summed E-state index contributed by atoms with van der Waals surface area (Å²) in [5.74, 6) is -2.02. The molecule has 1 aromatic heterocycles. The molecule has 3 N–H and O–H groups in total. The van der Waals surface area contributed by atoms with Crippen LogP contribution in [-0.4, -0.2) is 26.5 Å². The molecule has 1 amide bonds. The number of hydrogen-bond acceptors (Lipinski definition) is 4. The van der Waals surface area contributed by atoms with Crippen LogP contribution >= 0.6 is 0 Å². The lowest BCUT2D eigenvalue weighted by Crippen LogP contribution is -2.37. The molecule has 2 aromatic rings. The minimum Gasteiger partial charge on any atom is -0.481 e. The number of nitrogens with one attached hydrogen (secondary N) is 2. The highest BCUT2D eigenvalue weighted by atomic mass is 16.4. The van der Waals surface area contributed by atoms with Gasteiger partial charge in [0, 0.05) is 18.9 Å². The Morgan fingerprint density at radius 1 is 1.25 bits per heavy atom. The van der Waals surface area contributed by atoms with Crippen LogP contribution in [0, 0.1) is 5.92 Å². The maximum absolute atomic E-state index is 12.1. The van der Waals surface area contributed by atoms with E-state index in [0.717, 1.165) is 16.3 Å². The first-order valence-corrected chi connectivity index (χ1v) is 7.21. The monoisotopic (exact) mass is 331 g/mol. The number of aromatic amines is 1. The number of H-pyrrole nitrogens is 1. The lowest BCUT2D eigenvalue weighted by Gasteiger charge is -2.08. The molecule has 24 heavy (non-hydrogen) atoms. The Bertz CT molecular complexity index is 880. The molecular weight excluding hydrogens is 314 g/mol. The maximum atomic E-state index is 12.1. The fraction of sp³-hybridized carbons (Fsp3) is 0.250. The number of benzene rings is 1. The van der Waals surface area contributed by atoms with Crippen LogP contribution in [0.2, 0.25) is 0 Å². The van der Waals surface area contributed by atoms with Gasteiger partial charge in [-0.1, -0.05) is 19.1 Å². The number of nitrogens with zero attached hydrogens (tertiary/aromatic N) is 1. The predicted octanol–water partition coefficient (Wildman–Crippen LogP) is 0.589. The van der Waals surface area contributed by atoms with Crippen molar-refractivity contribution in [1.82, 2.24) is 9.55 Å². The zero-order valence-corrected chi connectivity index (χ0v) is 13.2. The maximum Gasteiger partial charge on any atom is 0.328 e. The van der Waals surface area contributed by atoms with Crippen molar-refractivity contribution in [2.75, 3.05) is 5.32 Å². The van der Waals surface area contributed by atoms with E-state index in [9.17, 15) is 19.2 Å². The van der Waals surface area contributed by atoms with Crippen molar-refractivity contribution in [2.24, 2.45) is 13.0 Å². The summed E-state index contributed by atoms with van der Waals surface area (Å²) in [6.07, 6.45) is 1.45. The first-order valence-electron chi connectivity index (χ1n) is 7.21. The number of rotatable bonds is 5. The summed E-state index contributed by atoms with van der Waals surface area (Å²) in [6.45, 7) is 1.62. The van der Waals surface area contributed by atoms with E-state index in [4.69, 9.17) is 5.11 Å². The summed E-state index contributed by atoms with van der Waals surface area (Å²) >= 11 is 0. The summed E-state index contributed by atoms with van der Waals surface area (Å²) in [6, 6.07) is 6.66. The molecule has 0 radical (unpaired) electrons. The van der Waals surface area contributed by atoms with E-state index in [1.807, 2.05) is 0 Å². The van der Waals surface area contributed by atoms with Crippen LogP contribution in [0.5, 0.6) is 0 Å². The molecule has 0 aliphatic rings. The molecule has 0 fully saturated rings. The minimum atomic E-state index is -0.874. The quantitative estimate of drug-likeness (QED) is 0.740. The molecule has 1 atom stereocenters. The number of carboxylic acids is 1. The number of carboxylic acid groups (broad SMARTS) is 1. The van der Waals surface area contributed by atoms with Crippen LogP contribution in [0.4, 0.5) is 5.69 Å². The molecule has 0 bridgehead atoms. The van der Waals surface area contributed by atoms with Gasteiger partial charge in [-0.05, 0) is 24.1 Å². The zero-order valence-electron chi connectivity index (χ0n) is 13.2. The topological polar surface area (TPSA) is 121 Å². The molecule has 126 valence electrons. The van der Waals surface area contributed by atoms with Gasteiger partial charge >= 0.3 is 11.7 Å². The highest BCUT2D eigenvalue weighted by Gasteiger charge is 2.14. The molecule has 0 spiro atoms. The Kier molecular flexibility index (Phi) is 4.98. The third-order valence-electron chi connectivity index (χ3n) is 3.60. The molecule has 0 saturated heterocycles. The highest BCUT2D eigenvalue weighted by molar-refractivity contribution is 6.03. The van der Waals surface area contributed by atoms with E-state index in [1.165, 1.54) is 7.05 Å². The molecule has 8 nitrogen and oxygen atoms in total. The first kappa shape index (κ1) is 17.2. The first-order chi connectivity index (χ1) is 11.3. The number of carbonyl (C=O) groups excluding carboxylic acids is 1. The highest BCUT2D eigenvalue weighted by Crippen LogP contribution is 2.14.